The van der Waals surface area contributed by atoms with Gasteiger partial charge in [-0.25, -0.2) is 12.7 Å². The summed E-state index contributed by atoms with van der Waals surface area (Å²) in [6, 6.07) is 5.65. The molecule has 0 aliphatic carbocycles. The Balaban J connectivity index is 1.73. The lowest BCUT2D eigenvalue weighted by Crippen LogP contribution is -2.42. The van der Waals surface area contributed by atoms with Crippen molar-refractivity contribution in [2.45, 2.75) is 24.2 Å². The number of sulfonamides is 1. The van der Waals surface area contributed by atoms with Crippen LogP contribution in [0.2, 0.25) is 0 Å². The third-order valence-electron chi connectivity index (χ3n) is 5.17. The molecule has 11 heteroatoms. The Bertz CT molecular complexity index is 903. The molecule has 4 N–H and O–H groups in total. The van der Waals surface area contributed by atoms with Gasteiger partial charge in [-0.05, 0) is 50.6 Å². The molecular formula is C20H31N5O5S. The first-order valence-corrected chi connectivity index (χ1v) is 11.6. The van der Waals surface area contributed by atoms with Gasteiger partial charge >= 0.3 is 0 Å². The maximum absolute atomic E-state index is 12.3. The monoisotopic (exact) mass is 453 g/mol. The van der Waals surface area contributed by atoms with E-state index < -0.39 is 15.9 Å². The minimum absolute atomic E-state index is 0.00545. The smallest absolute Gasteiger partial charge is 0.251 e. The lowest BCUT2D eigenvalue weighted by Gasteiger charge is -2.31. The number of primary amides is 1. The Hall–Kier alpha value is -2.50. The van der Waals surface area contributed by atoms with Crippen molar-refractivity contribution in [3.05, 3.63) is 29.8 Å². The Morgan fingerprint density at radius 1 is 1.23 bits per heavy atom. The van der Waals surface area contributed by atoms with Crippen LogP contribution in [0.25, 0.3) is 0 Å². The molecule has 0 spiro atoms. The number of hydrogen-bond acceptors (Lipinski definition) is 6. The highest BCUT2D eigenvalue weighted by Gasteiger charge is 2.23. The average molecular weight is 454 g/mol. The van der Waals surface area contributed by atoms with E-state index in [4.69, 9.17) is 5.73 Å². The molecule has 3 amide bonds. The van der Waals surface area contributed by atoms with Crippen LogP contribution in [0.3, 0.4) is 0 Å². The first-order valence-electron chi connectivity index (χ1n) is 10.2. The number of nitrogens with two attached hydrogens (primary N) is 1. The highest BCUT2D eigenvalue weighted by atomic mass is 32.2. The molecule has 0 aromatic heterocycles. The van der Waals surface area contributed by atoms with E-state index in [1.807, 2.05) is 0 Å². The summed E-state index contributed by atoms with van der Waals surface area (Å²) < 4.78 is 25.4. The third-order valence-corrected chi connectivity index (χ3v) is 6.98. The highest BCUT2D eigenvalue weighted by molar-refractivity contribution is 7.89. The number of likely N-dealkylation sites (tertiary alicyclic amines) is 1. The van der Waals surface area contributed by atoms with E-state index in [2.05, 4.69) is 15.5 Å². The Labute approximate surface area is 183 Å². The van der Waals surface area contributed by atoms with Gasteiger partial charge in [0, 0.05) is 32.7 Å². The van der Waals surface area contributed by atoms with Crippen molar-refractivity contribution in [2.24, 2.45) is 11.7 Å². The number of nitrogens with one attached hydrogen (secondary N) is 2. The first kappa shape index (κ1) is 24.8. The topological polar surface area (TPSA) is 142 Å². The summed E-state index contributed by atoms with van der Waals surface area (Å²) in [5.74, 6) is -1.24. The average Bonchev–Trinajstić information content (AvgIpc) is 2.75. The van der Waals surface area contributed by atoms with Crippen LogP contribution in [0.15, 0.2) is 29.2 Å². The lowest BCUT2D eigenvalue weighted by molar-refractivity contribution is -0.123. The number of hydrogen-bond donors (Lipinski definition) is 3. The highest BCUT2D eigenvalue weighted by Crippen LogP contribution is 2.16. The molecule has 10 nitrogen and oxygen atoms in total. The minimum Gasteiger partial charge on any atom is -0.369 e. The second kappa shape index (κ2) is 11.2. The standard InChI is InChI=1S/C20H31N5O5S/c1-24(2)31(29,30)17-8-3-6-15(12-17)20(28)23-13-18(26)22-9-5-11-25-10-4-7-16(14-25)19(21)27/h3,6,8,12,16H,4-5,7,9-11,13-14H2,1-2H3,(H2,21,27)(H,22,26)(H,23,28). The quantitative estimate of drug-likeness (QED) is 0.403. The molecule has 172 valence electrons. The molecule has 1 saturated heterocycles. The second-order valence-corrected chi connectivity index (χ2v) is 9.90. The van der Waals surface area contributed by atoms with Gasteiger partial charge in [0.15, 0.2) is 0 Å². The molecule has 1 atom stereocenters. The molecule has 1 unspecified atom stereocenters. The van der Waals surface area contributed by atoms with Crippen LogP contribution < -0.4 is 16.4 Å². The van der Waals surface area contributed by atoms with Crippen LogP contribution in [0.1, 0.15) is 29.6 Å². The zero-order valence-electron chi connectivity index (χ0n) is 18.0. The Morgan fingerprint density at radius 3 is 2.65 bits per heavy atom. The summed E-state index contributed by atoms with van der Waals surface area (Å²) in [4.78, 5) is 37.8. The normalized spacial score (nSPS) is 17.3. The van der Waals surface area contributed by atoms with E-state index in [1.165, 1.54) is 38.4 Å². The fourth-order valence-corrected chi connectivity index (χ4v) is 4.30. The van der Waals surface area contributed by atoms with Gasteiger partial charge in [0.25, 0.3) is 5.91 Å². The van der Waals surface area contributed by atoms with Crippen molar-refractivity contribution in [2.75, 3.05) is 46.8 Å². The molecule has 0 radical (unpaired) electrons. The van der Waals surface area contributed by atoms with Gasteiger partial charge in [-0.1, -0.05) is 6.07 Å². The molecule has 1 fully saturated rings. The number of benzene rings is 1. The van der Waals surface area contributed by atoms with Gasteiger partial charge in [0.2, 0.25) is 21.8 Å². The summed E-state index contributed by atoms with van der Waals surface area (Å²) in [6.45, 7) is 2.56. The third kappa shape index (κ3) is 7.30. The van der Waals surface area contributed by atoms with E-state index in [9.17, 15) is 22.8 Å². The van der Waals surface area contributed by atoms with Crippen molar-refractivity contribution >= 4 is 27.7 Å². The number of carbonyl (C=O) groups is 3. The maximum atomic E-state index is 12.3. The summed E-state index contributed by atoms with van der Waals surface area (Å²) >= 11 is 0. The van der Waals surface area contributed by atoms with Crippen LogP contribution in [0.5, 0.6) is 0 Å². The largest absolute Gasteiger partial charge is 0.369 e. The van der Waals surface area contributed by atoms with E-state index in [-0.39, 0.29) is 34.7 Å². The molecule has 1 aliphatic rings. The zero-order valence-corrected chi connectivity index (χ0v) is 18.8. The van der Waals surface area contributed by atoms with E-state index in [0.717, 1.165) is 36.7 Å². The van der Waals surface area contributed by atoms with Gasteiger partial charge < -0.3 is 21.3 Å². The van der Waals surface area contributed by atoms with Crippen molar-refractivity contribution in [3.8, 4) is 0 Å². The van der Waals surface area contributed by atoms with Gasteiger partial charge in [0.05, 0.1) is 17.4 Å². The fourth-order valence-electron chi connectivity index (χ4n) is 3.36. The minimum atomic E-state index is -3.65. The Morgan fingerprint density at radius 2 is 1.97 bits per heavy atom. The van der Waals surface area contributed by atoms with E-state index in [0.29, 0.717) is 13.1 Å². The van der Waals surface area contributed by atoms with Crippen LogP contribution in [-0.4, -0.2) is 82.2 Å². The van der Waals surface area contributed by atoms with Crippen LogP contribution in [0.4, 0.5) is 0 Å². The molecule has 0 bridgehead atoms. The van der Waals surface area contributed by atoms with Gasteiger partial charge in [0.1, 0.15) is 0 Å². The summed E-state index contributed by atoms with van der Waals surface area (Å²) in [6.07, 6.45) is 2.48. The molecule has 1 aromatic carbocycles. The number of rotatable bonds is 10. The molecule has 1 aliphatic heterocycles. The molecule has 1 aromatic rings. The van der Waals surface area contributed by atoms with Crippen molar-refractivity contribution in [3.63, 3.8) is 0 Å². The van der Waals surface area contributed by atoms with Crippen molar-refractivity contribution in [1.82, 2.24) is 19.8 Å². The van der Waals surface area contributed by atoms with Gasteiger partial charge in [-0.3, -0.25) is 14.4 Å². The number of nitrogens with zero attached hydrogens (tertiary/aromatic N) is 2. The predicted molar refractivity (Wildman–Crippen MR) is 116 cm³/mol. The number of piperidine rings is 1. The van der Waals surface area contributed by atoms with Gasteiger partial charge in [-0.15, -0.1) is 0 Å². The maximum Gasteiger partial charge on any atom is 0.251 e. The van der Waals surface area contributed by atoms with E-state index >= 15 is 0 Å². The zero-order chi connectivity index (χ0) is 23.0. The van der Waals surface area contributed by atoms with Crippen molar-refractivity contribution in [1.29, 1.82) is 0 Å². The van der Waals surface area contributed by atoms with Crippen LogP contribution in [0, 0.1) is 5.92 Å². The van der Waals surface area contributed by atoms with Crippen molar-refractivity contribution < 1.29 is 22.8 Å². The molecule has 2 rings (SSSR count). The first-order chi connectivity index (χ1) is 14.6. The predicted octanol–water partition coefficient (Wildman–Crippen LogP) is -0.630. The lowest BCUT2D eigenvalue weighted by atomic mass is 9.97. The number of carbonyl (C=O) groups excluding carboxylic acids is 3. The molecule has 1 heterocycles. The fraction of sp³-hybridized carbons (Fsp3) is 0.550. The van der Waals surface area contributed by atoms with Gasteiger partial charge in [-0.2, -0.15) is 0 Å². The number of amides is 3. The van der Waals surface area contributed by atoms with Crippen LogP contribution >= 0.6 is 0 Å². The Kier molecular flexibility index (Phi) is 8.96. The summed E-state index contributed by atoms with van der Waals surface area (Å²) in [7, 11) is -0.831. The molecular weight excluding hydrogens is 422 g/mol. The SMILES string of the molecule is CN(C)S(=O)(=O)c1cccc(C(=O)NCC(=O)NCCCN2CCCC(C(N)=O)C2)c1. The summed E-state index contributed by atoms with van der Waals surface area (Å²) in [5.41, 5.74) is 5.53. The van der Waals surface area contributed by atoms with E-state index in [1.54, 1.807) is 0 Å². The second-order valence-electron chi connectivity index (χ2n) is 7.74. The van der Waals surface area contributed by atoms with Crippen LogP contribution in [-0.2, 0) is 19.6 Å². The summed E-state index contributed by atoms with van der Waals surface area (Å²) in [5, 5.41) is 5.23. The molecule has 0 saturated carbocycles. The molecule has 31 heavy (non-hydrogen) atoms.